The van der Waals surface area contributed by atoms with Crippen LogP contribution in [0.25, 0.3) is 33.8 Å². The Bertz CT molecular complexity index is 1180. The van der Waals surface area contributed by atoms with E-state index in [-0.39, 0.29) is 0 Å². The molecule has 0 aliphatic carbocycles. The van der Waals surface area contributed by atoms with Crippen LogP contribution >= 0.6 is 0 Å². The van der Waals surface area contributed by atoms with Gasteiger partial charge in [0.15, 0.2) is 12.4 Å². The molecular formula is C35H43NO2+2. The summed E-state index contributed by atoms with van der Waals surface area (Å²) in [4.78, 5) is 0. The predicted molar refractivity (Wildman–Crippen MR) is 158 cm³/mol. The van der Waals surface area contributed by atoms with Gasteiger partial charge in [-0.05, 0) is 56.5 Å². The number of unbranched alkanes of at least 4 members (excludes halogenated alkanes) is 8. The summed E-state index contributed by atoms with van der Waals surface area (Å²) in [7, 11) is 0. The Kier molecular flexibility index (Phi) is 10.6. The number of rotatable bonds is 14. The zero-order valence-corrected chi connectivity index (χ0v) is 23.2. The van der Waals surface area contributed by atoms with Crippen molar-refractivity contribution in [2.45, 2.75) is 78.2 Å². The molecule has 4 aromatic rings. The number of aliphatic hydroxyl groups is 1. The minimum absolute atomic E-state index is 0.336. The summed E-state index contributed by atoms with van der Waals surface area (Å²) in [6.45, 7) is 5.61. The van der Waals surface area contributed by atoms with Crippen LogP contribution in [-0.4, -0.2) is 11.7 Å². The van der Waals surface area contributed by atoms with E-state index >= 15 is 0 Å². The fourth-order valence-corrected chi connectivity index (χ4v) is 4.83. The molecule has 0 radical (unpaired) electrons. The largest absolute Gasteiger partial charge is 0.396 e. The first kappa shape index (κ1) is 27.7. The van der Waals surface area contributed by atoms with Gasteiger partial charge in [0.25, 0.3) is 0 Å². The fourth-order valence-electron chi connectivity index (χ4n) is 4.83. The molecule has 0 atom stereocenters. The highest BCUT2D eigenvalue weighted by molar-refractivity contribution is 5.74. The van der Waals surface area contributed by atoms with Crippen molar-refractivity contribution >= 4 is 0 Å². The second-order valence-corrected chi connectivity index (χ2v) is 10.5. The molecule has 1 N–H and O–H groups in total. The average molecular weight is 510 g/mol. The van der Waals surface area contributed by atoms with Crippen molar-refractivity contribution < 1.29 is 14.1 Å². The monoisotopic (exact) mass is 509 g/mol. The summed E-state index contributed by atoms with van der Waals surface area (Å²) in [5.74, 6) is 1.76. The number of pyridine rings is 1. The summed E-state index contributed by atoms with van der Waals surface area (Å²) < 4.78 is 8.72. The van der Waals surface area contributed by atoms with Crippen molar-refractivity contribution in [3.8, 4) is 33.8 Å². The number of aromatic nitrogens is 1. The number of hydrogen-bond donors (Lipinski definition) is 1. The summed E-state index contributed by atoms with van der Waals surface area (Å²) in [5, 5.41) is 8.85. The zero-order valence-electron chi connectivity index (χ0n) is 23.2. The third-order valence-electron chi connectivity index (χ3n) is 7.26. The van der Waals surface area contributed by atoms with Gasteiger partial charge in [-0.15, -0.1) is 0 Å². The summed E-state index contributed by atoms with van der Waals surface area (Å²) in [6, 6.07) is 25.8. The number of aryl methyl sites for hydroxylation is 3. The molecular weight excluding hydrogens is 466 g/mol. The van der Waals surface area contributed by atoms with Crippen molar-refractivity contribution in [1.29, 1.82) is 0 Å². The standard InChI is InChI=1S/C35H43NO2/c1-28-12-16-31(17-13-28)34-26-33(27-35(38-34)32-18-14-29(2)15-19-32)30-20-23-36(24-21-30)22-10-8-6-4-3-5-7-9-11-25-37/h12-21,23-24,26-27,37H,3-11,22,25H2,1-2H3/q+2. The lowest BCUT2D eigenvalue weighted by atomic mass is 10.0. The molecule has 0 bridgehead atoms. The van der Waals surface area contributed by atoms with Gasteiger partial charge in [0.05, 0.1) is 23.3 Å². The zero-order chi connectivity index (χ0) is 26.6. The van der Waals surface area contributed by atoms with Crippen LogP contribution in [0.2, 0.25) is 0 Å². The molecule has 0 saturated carbocycles. The Morgan fingerprint density at radius 2 is 0.974 bits per heavy atom. The van der Waals surface area contributed by atoms with Crippen molar-refractivity contribution in [3.05, 3.63) is 96.3 Å². The van der Waals surface area contributed by atoms with Crippen LogP contribution in [-0.2, 0) is 6.54 Å². The van der Waals surface area contributed by atoms with Gasteiger partial charge in [-0.1, -0.05) is 73.9 Å². The Balaban J connectivity index is 1.40. The molecule has 4 rings (SSSR count). The fraction of sp³-hybridized carbons (Fsp3) is 0.371. The van der Waals surface area contributed by atoms with Gasteiger partial charge in [0.2, 0.25) is 0 Å². The summed E-state index contributed by atoms with van der Waals surface area (Å²) in [5.41, 5.74) is 7.01. The van der Waals surface area contributed by atoms with Crippen molar-refractivity contribution in [2.24, 2.45) is 0 Å². The molecule has 2 heterocycles. The van der Waals surface area contributed by atoms with Crippen LogP contribution in [0.15, 0.2) is 89.6 Å². The Hall–Kier alpha value is -3.30. The average Bonchev–Trinajstić information content (AvgIpc) is 2.95. The van der Waals surface area contributed by atoms with Crippen LogP contribution in [0, 0.1) is 13.8 Å². The molecule has 0 aliphatic heterocycles. The minimum Gasteiger partial charge on any atom is -0.396 e. The van der Waals surface area contributed by atoms with Crippen LogP contribution in [0.4, 0.5) is 0 Å². The van der Waals surface area contributed by atoms with E-state index in [0.717, 1.165) is 41.2 Å². The first-order valence-corrected chi connectivity index (χ1v) is 14.3. The third-order valence-corrected chi connectivity index (χ3v) is 7.26. The second-order valence-electron chi connectivity index (χ2n) is 10.5. The highest BCUT2D eigenvalue weighted by Crippen LogP contribution is 2.33. The van der Waals surface area contributed by atoms with Crippen LogP contribution in [0.5, 0.6) is 0 Å². The molecule has 0 fully saturated rings. The lowest BCUT2D eigenvalue weighted by Crippen LogP contribution is -2.32. The molecule has 3 heteroatoms. The Morgan fingerprint density at radius 1 is 0.526 bits per heavy atom. The van der Waals surface area contributed by atoms with Gasteiger partial charge >= 0.3 is 11.5 Å². The van der Waals surface area contributed by atoms with E-state index in [1.165, 1.54) is 68.1 Å². The van der Waals surface area contributed by atoms with Gasteiger partial charge in [0, 0.05) is 30.7 Å². The van der Waals surface area contributed by atoms with Crippen molar-refractivity contribution in [1.82, 2.24) is 0 Å². The third kappa shape index (κ3) is 8.36. The highest BCUT2D eigenvalue weighted by Gasteiger charge is 2.21. The number of aliphatic hydroxyl groups excluding tert-OH is 1. The lowest BCUT2D eigenvalue weighted by Gasteiger charge is -2.04. The van der Waals surface area contributed by atoms with E-state index < -0.39 is 0 Å². The molecule has 0 unspecified atom stereocenters. The van der Waals surface area contributed by atoms with E-state index in [0.29, 0.717) is 6.61 Å². The van der Waals surface area contributed by atoms with Gasteiger partial charge in [0.1, 0.15) is 6.54 Å². The van der Waals surface area contributed by atoms with Gasteiger partial charge < -0.3 is 5.11 Å². The van der Waals surface area contributed by atoms with Gasteiger partial charge in [-0.2, -0.15) is 0 Å². The predicted octanol–water partition coefficient (Wildman–Crippen LogP) is 8.97. The summed E-state index contributed by atoms with van der Waals surface area (Å²) >= 11 is 0. The van der Waals surface area contributed by atoms with E-state index in [1.807, 2.05) is 0 Å². The number of nitrogens with zero attached hydrogens (tertiary/aromatic N) is 1. The van der Waals surface area contributed by atoms with Crippen LogP contribution in [0.3, 0.4) is 0 Å². The first-order valence-electron chi connectivity index (χ1n) is 14.3. The van der Waals surface area contributed by atoms with Crippen molar-refractivity contribution in [3.63, 3.8) is 0 Å². The van der Waals surface area contributed by atoms with Crippen LogP contribution in [0.1, 0.15) is 68.9 Å². The van der Waals surface area contributed by atoms with E-state index in [2.05, 4.69) is 104 Å². The Labute approximate surface area is 228 Å². The Morgan fingerprint density at radius 3 is 1.45 bits per heavy atom. The number of benzene rings is 2. The molecule has 3 nitrogen and oxygen atoms in total. The van der Waals surface area contributed by atoms with Crippen LogP contribution < -0.4 is 4.57 Å². The van der Waals surface area contributed by atoms with E-state index in [4.69, 9.17) is 9.52 Å². The second kappa shape index (κ2) is 14.6. The molecule has 0 spiro atoms. The minimum atomic E-state index is 0.336. The molecule has 198 valence electrons. The maximum atomic E-state index is 8.85. The molecule has 38 heavy (non-hydrogen) atoms. The first-order chi connectivity index (χ1) is 18.6. The number of hydrogen-bond acceptors (Lipinski definition) is 1. The maximum Gasteiger partial charge on any atom is 0.361 e. The normalized spacial score (nSPS) is 11.1. The molecule has 0 aliphatic rings. The van der Waals surface area contributed by atoms with Gasteiger partial charge in [-0.25, -0.2) is 8.98 Å². The topological polar surface area (TPSA) is 35.4 Å². The molecule has 0 saturated heterocycles. The smallest absolute Gasteiger partial charge is 0.361 e. The summed E-state index contributed by atoms with van der Waals surface area (Å²) in [6.07, 6.45) is 15.6. The van der Waals surface area contributed by atoms with Gasteiger partial charge in [-0.3, -0.25) is 0 Å². The molecule has 0 amide bonds. The molecule has 2 aromatic carbocycles. The van der Waals surface area contributed by atoms with Crippen molar-refractivity contribution in [2.75, 3.05) is 6.61 Å². The lowest BCUT2D eigenvalue weighted by molar-refractivity contribution is -0.697. The highest BCUT2D eigenvalue weighted by atomic mass is 16.3. The van der Waals surface area contributed by atoms with E-state index in [9.17, 15) is 0 Å². The quantitative estimate of drug-likeness (QED) is 0.105. The molecule has 2 aromatic heterocycles. The maximum absolute atomic E-state index is 8.85. The SMILES string of the molecule is Cc1ccc(-c2cc(-c3cc[n+](CCCCCCCCCCCO)cc3)cc(-c3ccc(C)cc3)[o+]2)cc1. The van der Waals surface area contributed by atoms with E-state index in [1.54, 1.807) is 0 Å².